The lowest BCUT2D eigenvalue weighted by Crippen LogP contribution is -2.28. The number of benzene rings is 1. The summed E-state index contributed by atoms with van der Waals surface area (Å²) in [5, 5.41) is 3.79. The lowest BCUT2D eigenvalue weighted by molar-refractivity contribution is 0.196. The van der Waals surface area contributed by atoms with Gasteiger partial charge in [0.15, 0.2) is 0 Å². The lowest BCUT2D eigenvalue weighted by atomic mass is 10.2. The highest BCUT2D eigenvalue weighted by atomic mass is 35.5. The SMILES string of the molecule is CCC(CNC)Oc1ccc(C)cc1Cl. The summed E-state index contributed by atoms with van der Waals surface area (Å²) in [5.41, 5.74) is 1.15. The summed E-state index contributed by atoms with van der Waals surface area (Å²) in [5.74, 6) is 0.768. The normalized spacial score (nSPS) is 12.5. The molecule has 15 heavy (non-hydrogen) atoms. The second kappa shape index (κ2) is 5.99. The first-order valence-corrected chi connectivity index (χ1v) is 5.62. The standard InChI is InChI=1S/C12H18ClNO/c1-4-10(8-14-3)15-12-6-5-9(2)7-11(12)13/h5-7,10,14H,4,8H2,1-3H3. The summed E-state index contributed by atoms with van der Waals surface area (Å²) >= 11 is 6.09. The first-order chi connectivity index (χ1) is 7.17. The van der Waals surface area contributed by atoms with Crippen molar-refractivity contribution in [1.82, 2.24) is 5.32 Å². The van der Waals surface area contributed by atoms with Crippen molar-refractivity contribution in [2.45, 2.75) is 26.4 Å². The van der Waals surface area contributed by atoms with Crippen molar-refractivity contribution < 1.29 is 4.74 Å². The Labute approximate surface area is 96.6 Å². The van der Waals surface area contributed by atoms with E-state index in [0.29, 0.717) is 5.02 Å². The minimum atomic E-state index is 0.176. The van der Waals surface area contributed by atoms with Gasteiger partial charge in [-0.25, -0.2) is 0 Å². The Morgan fingerprint density at radius 2 is 2.20 bits per heavy atom. The van der Waals surface area contributed by atoms with Gasteiger partial charge in [0.1, 0.15) is 11.9 Å². The van der Waals surface area contributed by atoms with Gasteiger partial charge in [-0.1, -0.05) is 24.6 Å². The molecule has 1 N–H and O–H groups in total. The second-order valence-electron chi connectivity index (χ2n) is 3.64. The van der Waals surface area contributed by atoms with Crippen molar-refractivity contribution in [3.05, 3.63) is 28.8 Å². The maximum absolute atomic E-state index is 6.09. The van der Waals surface area contributed by atoms with Gasteiger partial charge in [-0.05, 0) is 38.1 Å². The van der Waals surface area contributed by atoms with E-state index in [9.17, 15) is 0 Å². The Morgan fingerprint density at radius 3 is 2.73 bits per heavy atom. The van der Waals surface area contributed by atoms with Gasteiger partial charge in [-0.3, -0.25) is 0 Å². The molecule has 0 saturated carbocycles. The van der Waals surface area contributed by atoms with Gasteiger partial charge < -0.3 is 10.1 Å². The largest absolute Gasteiger partial charge is 0.488 e. The molecule has 0 bridgehead atoms. The molecule has 0 heterocycles. The van der Waals surface area contributed by atoms with Crippen LogP contribution in [0.2, 0.25) is 5.02 Å². The molecule has 0 fully saturated rings. The summed E-state index contributed by atoms with van der Waals surface area (Å²) in [6, 6.07) is 5.85. The van der Waals surface area contributed by atoms with Crippen molar-refractivity contribution in [2.75, 3.05) is 13.6 Å². The topological polar surface area (TPSA) is 21.3 Å². The van der Waals surface area contributed by atoms with E-state index in [0.717, 1.165) is 24.3 Å². The third-order valence-corrected chi connectivity index (χ3v) is 2.56. The molecular weight excluding hydrogens is 210 g/mol. The third kappa shape index (κ3) is 3.73. The lowest BCUT2D eigenvalue weighted by Gasteiger charge is -2.18. The van der Waals surface area contributed by atoms with Crippen LogP contribution in [0.15, 0.2) is 18.2 Å². The molecule has 3 heteroatoms. The van der Waals surface area contributed by atoms with Crippen molar-refractivity contribution >= 4 is 11.6 Å². The fourth-order valence-electron chi connectivity index (χ4n) is 1.38. The molecular formula is C12H18ClNO. The van der Waals surface area contributed by atoms with Crippen molar-refractivity contribution in [2.24, 2.45) is 0 Å². The molecule has 1 aromatic carbocycles. The highest BCUT2D eigenvalue weighted by Gasteiger charge is 2.09. The Balaban J connectivity index is 2.70. The fourth-order valence-corrected chi connectivity index (χ4v) is 1.66. The predicted octanol–water partition coefficient (Wildman–Crippen LogP) is 3.03. The Morgan fingerprint density at radius 1 is 1.47 bits per heavy atom. The molecule has 1 unspecified atom stereocenters. The van der Waals surface area contributed by atoms with Gasteiger partial charge in [-0.15, -0.1) is 0 Å². The molecule has 0 spiro atoms. The molecule has 0 amide bonds. The van der Waals surface area contributed by atoms with E-state index in [2.05, 4.69) is 12.2 Å². The minimum absolute atomic E-state index is 0.176. The van der Waals surface area contributed by atoms with E-state index >= 15 is 0 Å². The van der Waals surface area contributed by atoms with Gasteiger partial charge >= 0.3 is 0 Å². The summed E-state index contributed by atoms with van der Waals surface area (Å²) in [4.78, 5) is 0. The Hall–Kier alpha value is -0.730. The maximum atomic E-state index is 6.09. The number of hydrogen-bond acceptors (Lipinski definition) is 2. The highest BCUT2D eigenvalue weighted by Crippen LogP contribution is 2.26. The van der Waals surface area contributed by atoms with Crippen LogP contribution in [-0.2, 0) is 0 Å². The molecule has 0 saturated heterocycles. The number of ether oxygens (including phenoxy) is 1. The summed E-state index contributed by atoms with van der Waals surface area (Å²) in [6.07, 6.45) is 1.14. The monoisotopic (exact) mass is 227 g/mol. The number of rotatable bonds is 5. The molecule has 0 aromatic heterocycles. The molecule has 84 valence electrons. The fraction of sp³-hybridized carbons (Fsp3) is 0.500. The van der Waals surface area contributed by atoms with E-state index in [1.165, 1.54) is 0 Å². The van der Waals surface area contributed by atoms with Crippen LogP contribution in [0.25, 0.3) is 0 Å². The predicted molar refractivity (Wildman–Crippen MR) is 64.8 cm³/mol. The summed E-state index contributed by atoms with van der Waals surface area (Å²) < 4.78 is 5.80. The average molecular weight is 228 g/mol. The molecule has 1 aromatic rings. The van der Waals surface area contributed by atoms with Gasteiger partial charge in [0.25, 0.3) is 0 Å². The second-order valence-corrected chi connectivity index (χ2v) is 4.05. The molecule has 0 aliphatic carbocycles. The van der Waals surface area contributed by atoms with Gasteiger partial charge in [-0.2, -0.15) is 0 Å². The summed E-state index contributed by atoms with van der Waals surface area (Å²) in [6.45, 7) is 4.95. The third-order valence-electron chi connectivity index (χ3n) is 2.27. The van der Waals surface area contributed by atoms with Crippen molar-refractivity contribution in [3.63, 3.8) is 0 Å². The number of nitrogens with one attached hydrogen (secondary N) is 1. The number of likely N-dealkylation sites (N-methyl/N-ethyl adjacent to an activating group) is 1. The molecule has 1 rings (SSSR count). The van der Waals surface area contributed by atoms with Crippen LogP contribution in [0.3, 0.4) is 0 Å². The maximum Gasteiger partial charge on any atom is 0.138 e. The molecule has 2 nitrogen and oxygen atoms in total. The molecule has 0 aliphatic heterocycles. The Kier molecular flexibility index (Phi) is 4.92. The summed E-state index contributed by atoms with van der Waals surface area (Å²) in [7, 11) is 1.92. The van der Waals surface area contributed by atoms with E-state index in [1.807, 2.05) is 32.2 Å². The van der Waals surface area contributed by atoms with Crippen molar-refractivity contribution in [3.8, 4) is 5.75 Å². The van der Waals surface area contributed by atoms with Crippen molar-refractivity contribution in [1.29, 1.82) is 0 Å². The zero-order valence-electron chi connectivity index (χ0n) is 9.51. The minimum Gasteiger partial charge on any atom is -0.488 e. The van der Waals surface area contributed by atoms with Crippen LogP contribution in [0.1, 0.15) is 18.9 Å². The van der Waals surface area contributed by atoms with Gasteiger partial charge in [0, 0.05) is 6.54 Å². The highest BCUT2D eigenvalue weighted by molar-refractivity contribution is 6.32. The molecule has 1 atom stereocenters. The zero-order chi connectivity index (χ0) is 11.3. The van der Waals surface area contributed by atoms with E-state index in [1.54, 1.807) is 0 Å². The quantitative estimate of drug-likeness (QED) is 0.835. The average Bonchev–Trinajstić information content (AvgIpc) is 2.21. The van der Waals surface area contributed by atoms with E-state index < -0.39 is 0 Å². The van der Waals surface area contributed by atoms with Crippen LogP contribution in [-0.4, -0.2) is 19.7 Å². The van der Waals surface area contributed by atoms with Crippen LogP contribution in [0.4, 0.5) is 0 Å². The van der Waals surface area contributed by atoms with Crippen LogP contribution in [0.5, 0.6) is 5.75 Å². The molecule has 0 aliphatic rings. The van der Waals surface area contributed by atoms with Crippen LogP contribution in [0, 0.1) is 6.92 Å². The first-order valence-electron chi connectivity index (χ1n) is 5.24. The van der Waals surface area contributed by atoms with E-state index in [-0.39, 0.29) is 6.10 Å². The smallest absolute Gasteiger partial charge is 0.138 e. The van der Waals surface area contributed by atoms with Gasteiger partial charge in [0.05, 0.1) is 5.02 Å². The van der Waals surface area contributed by atoms with Crippen LogP contribution >= 0.6 is 11.6 Å². The van der Waals surface area contributed by atoms with Crippen LogP contribution < -0.4 is 10.1 Å². The number of halogens is 1. The number of aryl methyl sites for hydroxylation is 1. The number of hydrogen-bond donors (Lipinski definition) is 1. The zero-order valence-corrected chi connectivity index (χ0v) is 10.3. The molecule has 0 radical (unpaired) electrons. The Bertz CT molecular complexity index is 314. The van der Waals surface area contributed by atoms with E-state index in [4.69, 9.17) is 16.3 Å². The first kappa shape index (κ1) is 12.3. The van der Waals surface area contributed by atoms with Gasteiger partial charge in [0.2, 0.25) is 0 Å².